The van der Waals surface area contributed by atoms with Crippen molar-refractivity contribution < 1.29 is 19.4 Å². The number of amides is 2. The van der Waals surface area contributed by atoms with Crippen molar-refractivity contribution in [2.45, 2.75) is 6.10 Å². The van der Waals surface area contributed by atoms with Gasteiger partial charge in [0.15, 0.2) is 0 Å². The number of thiophene rings is 1. The Morgan fingerprint density at radius 2 is 2.19 bits per heavy atom. The molecule has 31 heavy (non-hydrogen) atoms. The van der Waals surface area contributed by atoms with Crippen LogP contribution in [0.4, 0.5) is 5.82 Å². The number of anilines is 1. The zero-order valence-corrected chi connectivity index (χ0v) is 17.8. The van der Waals surface area contributed by atoms with Crippen molar-refractivity contribution in [3.63, 3.8) is 0 Å². The van der Waals surface area contributed by atoms with E-state index in [1.165, 1.54) is 11.3 Å². The van der Waals surface area contributed by atoms with Gasteiger partial charge in [0.2, 0.25) is 0 Å². The number of carbonyl (C=O) groups is 2. The van der Waals surface area contributed by atoms with Crippen molar-refractivity contribution in [1.29, 1.82) is 0 Å². The van der Waals surface area contributed by atoms with Gasteiger partial charge < -0.3 is 25.4 Å². The number of aliphatic hydroxyl groups excluding tert-OH is 1. The molecule has 0 aliphatic carbocycles. The van der Waals surface area contributed by atoms with E-state index < -0.39 is 6.10 Å². The standard InChI is InChI=1S/C21H23N5O4S/c1-22-16-11-13(4-6-23-16)21(29)26-8-10-30-15(12-26)17-14-3-2-5-25-20(14)31-18(17)19(28)24-7-9-27/h2-6,11,15,27H,7-10,12H2,1H3,(H,22,23)(H,24,28)/t15-/m0/s1. The predicted octanol–water partition coefficient (Wildman–Crippen LogP) is 1.67. The summed E-state index contributed by atoms with van der Waals surface area (Å²) in [4.78, 5) is 37.3. The van der Waals surface area contributed by atoms with Gasteiger partial charge in [0.1, 0.15) is 21.6 Å². The normalized spacial score (nSPS) is 16.3. The number of morpholine rings is 1. The van der Waals surface area contributed by atoms with Crippen molar-refractivity contribution in [3.05, 3.63) is 52.7 Å². The zero-order valence-electron chi connectivity index (χ0n) is 17.0. The molecule has 10 heteroatoms. The van der Waals surface area contributed by atoms with Gasteiger partial charge in [-0.3, -0.25) is 9.59 Å². The van der Waals surface area contributed by atoms with Gasteiger partial charge in [-0.1, -0.05) is 6.07 Å². The summed E-state index contributed by atoms with van der Waals surface area (Å²) in [5.74, 6) is 0.219. The topological polar surface area (TPSA) is 117 Å². The van der Waals surface area contributed by atoms with E-state index in [9.17, 15) is 9.59 Å². The largest absolute Gasteiger partial charge is 0.395 e. The molecule has 1 fully saturated rings. The summed E-state index contributed by atoms with van der Waals surface area (Å²) < 4.78 is 6.02. The Bertz CT molecular complexity index is 1100. The highest BCUT2D eigenvalue weighted by molar-refractivity contribution is 7.20. The molecule has 3 aromatic rings. The second kappa shape index (κ2) is 9.38. The molecular formula is C21H23N5O4S. The van der Waals surface area contributed by atoms with Crippen molar-refractivity contribution in [2.75, 3.05) is 45.2 Å². The lowest BCUT2D eigenvalue weighted by molar-refractivity contribution is -0.0222. The van der Waals surface area contributed by atoms with Gasteiger partial charge in [0, 0.05) is 49.0 Å². The molecule has 0 unspecified atom stereocenters. The first-order chi connectivity index (χ1) is 15.1. The summed E-state index contributed by atoms with van der Waals surface area (Å²) in [6, 6.07) is 7.12. The highest BCUT2D eigenvalue weighted by Gasteiger charge is 2.32. The molecule has 2 amide bonds. The van der Waals surface area contributed by atoms with Crippen molar-refractivity contribution in [2.24, 2.45) is 0 Å². The van der Waals surface area contributed by atoms with Crippen LogP contribution < -0.4 is 10.6 Å². The third-order valence-corrected chi connectivity index (χ3v) is 6.18. The Labute approximate surface area is 183 Å². The summed E-state index contributed by atoms with van der Waals surface area (Å²) in [5.41, 5.74) is 1.27. The molecule has 0 saturated carbocycles. The summed E-state index contributed by atoms with van der Waals surface area (Å²) in [5, 5.41) is 15.5. The molecule has 1 aliphatic rings. The number of fused-ring (bicyclic) bond motifs is 1. The second-order valence-corrected chi connectivity index (χ2v) is 7.97. The average Bonchev–Trinajstić information content (AvgIpc) is 3.22. The molecule has 0 radical (unpaired) electrons. The summed E-state index contributed by atoms with van der Waals surface area (Å²) >= 11 is 1.28. The maximum absolute atomic E-state index is 13.1. The van der Waals surface area contributed by atoms with E-state index in [1.807, 2.05) is 12.1 Å². The molecule has 0 spiro atoms. The molecule has 9 nitrogen and oxygen atoms in total. The molecule has 3 N–H and O–H groups in total. The van der Waals surface area contributed by atoms with Crippen molar-refractivity contribution in [3.8, 4) is 0 Å². The quantitative estimate of drug-likeness (QED) is 0.533. The lowest BCUT2D eigenvalue weighted by atomic mass is 10.0. The molecule has 0 aromatic carbocycles. The third kappa shape index (κ3) is 4.36. The Kier molecular flexibility index (Phi) is 6.40. The van der Waals surface area contributed by atoms with Crippen LogP contribution >= 0.6 is 11.3 Å². The van der Waals surface area contributed by atoms with Crippen LogP contribution in [0.5, 0.6) is 0 Å². The summed E-state index contributed by atoms with van der Waals surface area (Å²) in [6.07, 6.45) is 2.81. The van der Waals surface area contributed by atoms with Crippen LogP contribution in [0.3, 0.4) is 0 Å². The van der Waals surface area contributed by atoms with Crippen molar-refractivity contribution in [1.82, 2.24) is 20.2 Å². The van der Waals surface area contributed by atoms with Crippen LogP contribution in [0.1, 0.15) is 31.7 Å². The minimum Gasteiger partial charge on any atom is -0.395 e. The maximum atomic E-state index is 13.1. The van der Waals surface area contributed by atoms with Crippen LogP contribution in [0, 0.1) is 0 Å². The van der Waals surface area contributed by atoms with Crippen LogP contribution in [-0.2, 0) is 4.74 Å². The molecule has 4 rings (SSSR count). The number of ether oxygens (including phenoxy) is 1. The molecule has 1 saturated heterocycles. The molecule has 1 aliphatic heterocycles. The molecule has 1 atom stereocenters. The lowest BCUT2D eigenvalue weighted by Crippen LogP contribution is -2.42. The van der Waals surface area contributed by atoms with E-state index >= 15 is 0 Å². The monoisotopic (exact) mass is 441 g/mol. The number of aliphatic hydroxyl groups is 1. The molecule has 162 valence electrons. The van der Waals surface area contributed by atoms with E-state index in [1.54, 1.807) is 36.5 Å². The fraction of sp³-hybridized carbons (Fsp3) is 0.333. The second-order valence-electron chi connectivity index (χ2n) is 6.97. The molecule has 3 aromatic heterocycles. The number of hydrogen-bond acceptors (Lipinski definition) is 8. The molecule has 4 heterocycles. The van der Waals surface area contributed by atoms with E-state index in [0.717, 1.165) is 15.8 Å². The van der Waals surface area contributed by atoms with Gasteiger partial charge in [-0.25, -0.2) is 9.97 Å². The number of rotatable bonds is 6. The van der Waals surface area contributed by atoms with Crippen molar-refractivity contribution >= 4 is 39.2 Å². The Morgan fingerprint density at radius 3 is 3.00 bits per heavy atom. The lowest BCUT2D eigenvalue weighted by Gasteiger charge is -2.33. The molecular weight excluding hydrogens is 418 g/mol. The zero-order chi connectivity index (χ0) is 21.8. The number of hydrogen-bond donors (Lipinski definition) is 3. The van der Waals surface area contributed by atoms with E-state index in [4.69, 9.17) is 9.84 Å². The fourth-order valence-electron chi connectivity index (χ4n) is 3.58. The number of aromatic nitrogens is 2. The highest BCUT2D eigenvalue weighted by atomic mass is 32.1. The predicted molar refractivity (Wildman–Crippen MR) is 117 cm³/mol. The first-order valence-corrected chi connectivity index (χ1v) is 10.7. The number of carbonyl (C=O) groups excluding carboxylic acids is 2. The third-order valence-electron chi connectivity index (χ3n) is 5.05. The maximum Gasteiger partial charge on any atom is 0.261 e. The Hall–Kier alpha value is -3.08. The van der Waals surface area contributed by atoms with Gasteiger partial charge in [0.25, 0.3) is 11.8 Å². The van der Waals surface area contributed by atoms with E-state index in [-0.39, 0.29) is 25.0 Å². The summed E-state index contributed by atoms with van der Waals surface area (Å²) in [7, 11) is 1.75. The number of nitrogens with zero attached hydrogens (tertiary/aromatic N) is 3. The SMILES string of the molecule is CNc1cc(C(=O)N2CCO[C@H](c3c(C(=O)NCCO)sc4ncccc34)C2)ccn1. The average molecular weight is 442 g/mol. The first kappa shape index (κ1) is 21.2. The Balaban J connectivity index is 1.64. The van der Waals surface area contributed by atoms with Gasteiger partial charge in [-0.15, -0.1) is 11.3 Å². The smallest absolute Gasteiger partial charge is 0.261 e. The van der Waals surface area contributed by atoms with E-state index in [2.05, 4.69) is 20.6 Å². The van der Waals surface area contributed by atoms with Crippen LogP contribution in [0.25, 0.3) is 10.2 Å². The first-order valence-electron chi connectivity index (χ1n) is 9.93. The minimum absolute atomic E-state index is 0.115. The van der Waals surface area contributed by atoms with Gasteiger partial charge in [-0.05, 0) is 18.2 Å². The van der Waals surface area contributed by atoms with Gasteiger partial charge >= 0.3 is 0 Å². The van der Waals surface area contributed by atoms with Crippen LogP contribution in [0.15, 0.2) is 36.7 Å². The highest BCUT2D eigenvalue weighted by Crippen LogP contribution is 2.37. The Morgan fingerprint density at radius 1 is 1.32 bits per heavy atom. The van der Waals surface area contributed by atoms with Crippen LogP contribution in [-0.4, -0.2) is 71.7 Å². The van der Waals surface area contributed by atoms with E-state index in [0.29, 0.717) is 36.0 Å². The molecule has 0 bridgehead atoms. The fourth-order valence-corrected chi connectivity index (χ4v) is 4.69. The van der Waals surface area contributed by atoms with Gasteiger partial charge in [0.05, 0.1) is 19.8 Å². The number of pyridine rings is 2. The van der Waals surface area contributed by atoms with Gasteiger partial charge in [-0.2, -0.15) is 0 Å². The number of nitrogens with one attached hydrogen (secondary N) is 2. The van der Waals surface area contributed by atoms with Crippen LogP contribution in [0.2, 0.25) is 0 Å². The minimum atomic E-state index is -0.462. The summed E-state index contributed by atoms with van der Waals surface area (Å²) in [6.45, 7) is 1.14.